The lowest BCUT2D eigenvalue weighted by Gasteiger charge is -2.34. The molecule has 1 fully saturated rings. The normalized spacial score (nSPS) is 18.4. The van der Waals surface area contributed by atoms with Crippen molar-refractivity contribution in [2.24, 2.45) is 0 Å². The summed E-state index contributed by atoms with van der Waals surface area (Å²) in [6.07, 6.45) is 3.43. The highest BCUT2D eigenvalue weighted by atomic mass is 16.6. The van der Waals surface area contributed by atoms with Gasteiger partial charge in [0.1, 0.15) is 5.60 Å². The predicted octanol–water partition coefficient (Wildman–Crippen LogP) is 3.16. The summed E-state index contributed by atoms with van der Waals surface area (Å²) >= 11 is 0. The first-order valence-electron chi connectivity index (χ1n) is 8.65. The van der Waals surface area contributed by atoms with Gasteiger partial charge < -0.3 is 14.4 Å². The predicted molar refractivity (Wildman–Crippen MR) is 94.1 cm³/mol. The van der Waals surface area contributed by atoms with Crippen LogP contribution in [0.15, 0.2) is 12.3 Å². The molecule has 1 amide bonds. The first-order valence-corrected chi connectivity index (χ1v) is 8.65. The zero-order valence-corrected chi connectivity index (χ0v) is 15.6. The first-order chi connectivity index (χ1) is 11.8. The zero-order chi connectivity index (χ0) is 18.2. The highest BCUT2D eigenvalue weighted by molar-refractivity contribution is 5.68. The number of aryl methyl sites for hydroxylation is 1. The molecule has 1 aliphatic rings. The van der Waals surface area contributed by atoms with Crippen LogP contribution in [-0.2, 0) is 4.74 Å². The third kappa shape index (κ3) is 3.70. The number of methoxy groups -OCH3 is 1. The quantitative estimate of drug-likeness (QED) is 0.835. The highest BCUT2D eigenvalue weighted by Gasteiger charge is 2.29. The van der Waals surface area contributed by atoms with Crippen LogP contribution in [0.2, 0.25) is 0 Å². The number of carbonyl (C=O) groups excluding carboxylic acids is 1. The fourth-order valence-electron chi connectivity index (χ4n) is 3.13. The van der Waals surface area contributed by atoms with Gasteiger partial charge in [0.05, 0.1) is 19.0 Å². The molecule has 7 heteroatoms. The minimum Gasteiger partial charge on any atom is -0.481 e. The molecule has 0 saturated carbocycles. The lowest BCUT2D eigenvalue weighted by molar-refractivity contribution is 0.0197. The molecule has 0 aliphatic carbocycles. The molecule has 7 nitrogen and oxygen atoms in total. The molecule has 1 unspecified atom stereocenters. The Morgan fingerprint density at radius 2 is 2.12 bits per heavy atom. The molecule has 1 aliphatic heterocycles. The number of rotatable bonds is 2. The van der Waals surface area contributed by atoms with Gasteiger partial charge in [0.25, 0.3) is 0 Å². The molecule has 1 saturated heterocycles. The molecule has 2 aromatic rings. The van der Waals surface area contributed by atoms with Gasteiger partial charge in [-0.05, 0) is 40.5 Å². The van der Waals surface area contributed by atoms with Crippen LogP contribution >= 0.6 is 0 Å². The number of aromatic nitrogens is 3. The number of likely N-dealkylation sites (tertiary alicyclic amines) is 1. The zero-order valence-electron chi connectivity index (χ0n) is 15.6. The Balaban J connectivity index is 1.85. The minimum absolute atomic E-state index is 0.162. The molecule has 136 valence electrons. The van der Waals surface area contributed by atoms with Gasteiger partial charge in [0.2, 0.25) is 5.88 Å². The lowest BCUT2D eigenvalue weighted by atomic mass is 9.94. The molecule has 0 N–H and O–H groups in total. The molecule has 2 aromatic heterocycles. The van der Waals surface area contributed by atoms with Gasteiger partial charge in [0, 0.05) is 30.6 Å². The topological polar surface area (TPSA) is 69.0 Å². The van der Waals surface area contributed by atoms with Gasteiger partial charge in [-0.1, -0.05) is 0 Å². The Hall–Kier alpha value is -2.31. The van der Waals surface area contributed by atoms with Crippen LogP contribution in [0.4, 0.5) is 4.79 Å². The largest absolute Gasteiger partial charge is 0.481 e. The van der Waals surface area contributed by atoms with E-state index in [0.29, 0.717) is 12.4 Å². The van der Waals surface area contributed by atoms with Crippen LogP contribution in [0, 0.1) is 6.92 Å². The Labute approximate surface area is 147 Å². The summed E-state index contributed by atoms with van der Waals surface area (Å²) in [7, 11) is 1.63. The van der Waals surface area contributed by atoms with E-state index in [0.717, 1.165) is 36.3 Å². The number of piperidine rings is 1. The number of hydrogen-bond acceptors (Lipinski definition) is 5. The van der Waals surface area contributed by atoms with Crippen molar-refractivity contribution in [1.29, 1.82) is 0 Å². The second-order valence-electron chi connectivity index (χ2n) is 7.55. The van der Waals surface area contributed by atoms with Gasteiger partial charge in [0.15, 0.2) is 5.65 Å². The molecule has 0 bridgehead atoms. The standard InChI is InChI=1S/C18H26N4O3/c1-12-10-19-22-15(24-5)9-14(20-16(12)22)13-7-6-8-21(11-13)17(23)25-18(2,3)4/h9-10,13H,6-8,11H2,1-5H3. The number of nitrogens with zero attached hydrogens (tertiary/aromatic N) is 4. The second kappa shape index (κ2) is 6.54. The molecular weight excluding hydrogens is 320 g/mol. The summed E-state index contributed by atoms with van der Waals surface area (Å²) in [4.78, 5) is 18.9. The molecule has 25 heavy (non-hydrogen) atoms. The molecule has 0 aromatic carbocycles. The fourth-order valence-corrected chi connectivity index (χ4v) is 3.13. The summed E-state index contributed by atoms with van der Waals surface area (Å²) in [5.74, 6) is 0.817. The Morgan fingerprint density at radius 3 is 2.80 bits per heavy atom. The summed E-state index contributed by atoms with van der Waals surface area (Å²) in [6, 6.07) is 1.92. The monoisotopic (exact) mass is 346 g/mol. The van der Waals surface area contributed by atoms with Crippen molar-refractivity contribution in [2.45, 2.75) is 52.1 Å². The van der Waals surface area contributed by atoms with E-state index in [4.69, 9.17) is 14.5 Å². The fraction of sp³-hybridized carbons (Fsp3) is 0.611. The van der Waals surface area contributed by atoms with E-state index in [1.807, 2.05) is 33.8 Å². The van der Waals surface area contributed by atoms with E-state index in [-0.39, 0.29) is 12.0 Å². The maximum absolute atomic E-state index is 12.4. The van der Waals surface area contributed by atoms with Crippen molar-refractivity contribution < 1.29 is 14.3 Å². The average Bonchev–Trinajstić information content (AvgIpc) is 2.94. The second-order valence-corrected chi connectivity index (χ2v) is 7.55. The average molecular weight is 346 g/mol. The third-order valence-corrected chi connectivity index (χ3v) is 4.34. The number of hydrogen-bond donors (Lipinski definition) is 0. The van der Waals surface area contributed by atoms with E-state index >= 15 is 0 Å². The van der Waals surface area contributed by atoms with Gasteiger partial charge in [-0.3, -0.25) is 0 Å². The maximum atomic E-state index is 12.4. The minimum atomic E-state index is -0.487. The van der Waals surface area contributed by atoms with E-state index in [9.17, 15) is 4.79 Å². The summed E-state index contributed by atoms with van der Waals surface area (Å²) < 4.78 is 12.7. The van der Waals surface area contributed by atoms with Crippen molar-refractivity contribution in [3.63, 3.8) is 0 Å². The Bertz CT molecular complexity index is 778. The van der Waals surface area contributed by atoms with Crippen LogP contribution in [0.5, 0.6) is 5.88 Å². The number of carbonyl (C=O) groups is 1. The van der Waals surface area contributed by atoms with Crippen molar-refractivity contribution in [3.05, 3.63) is 23.5 Å². The van der Waals surface area contributed by atoms with Crippen LogP contribution in [0.25, 0.3) is 5.65 Å². The van der Waals surface area contributed by atoms with Gasteiger partial charge in [-0.25, -0.2) is 9.78 Å². The van der Waals surface area contributed by atoms with E-state index in [1.54, 1.807) is 22.7 Å². The molecule has 1 atom stereocenters. The van der Waals surface area contributed by atoms with E-state index in [2.05, 4.69) is 5.10 Å². The smallest absolute Gasteiger partial charge is 0.410 e. The maximum Gasteiger partial charge on any atom is 0.410 e. The molecule has 0 spiro atoms. The lowest BCUT2D eigenvalue weighted by Crippen LogP contribution is -2.42. The van der Waals surface area contributed by atoms with Gasteiger partial charge in [-0.15, -0.1) is 0 Å². The summed E-state index contributed by atoms with van der Waals surface area (Å²) in [5.41, 5.74) is 2.24. The number of ether oxygens (including phenoxy) is 2. The van der Waals surface area contributed by atoms with Crippen molar-refractivity contribution in [1.82, 2.24) is 19.5 Å². The number of amides is 1. The SMILES string of the molecule is COc1cc(C2CCCN(C(=O)OC(C)(C)C)C2)nc2c(C)cnn12. The van der Waals surface area contributed by atoms with Crippen LogP contribution in [0.1, 0.15) is 50.8 Å². The van der Waals surface area contributed by atoms with E-state index < -0.39 is 5.60 Å². The summed E-state index contributed by atoms with van der Waals surface area (Å²) in [5, 5.41) is 4.30. The third-order valence-electron chi connectivity index (χ3n) is 4.34. The first kappa shape index (κ1) is 17.5. The molecule has 0 radical (unpaired) electrons. The van der Waals surface area contributed by atoms with Crippen LogP contribution in [0.3, 0.4) is 0 Å². The van der Waals surface area contributed by atoms with Gasteiger partial charge in [-0.2, -0.15) is 9.61 Å². The van der Waals surface area contributed by atoms with E-state index in [1.165, 1.54) is 0 Å². The van der Waals surface area contributed by atoms with Crippen LogP contribution < -0.4 is 4.74 Å². The Morgan fingerprint density at radius 1 is 1.36 bits per heavy atom. The summed E-state index contributed by atoms with van der Waals surface area (Å²) in [6.45, 7) is 8.95. The number of fused-ring (bicyclic) bond motifs is 1. The Kier molecular flexibility index (Phi) is 4.58. The highest BCUT2D eigenvalue weighted by Crippen LogP contribution is 2.29. The molecule has 3 heterocycles. The molecular formula is C18H26N4O3. The van der Waals surface area contributed by atoms with Crippen molar-refractivity contribution in [2.75, 3.05) is 20.2 Å². The van der Waals surface area contributed by atoms with Gasteiger partial charge >= 0.3 is 6.09 Å². The molecule has 3 rings (SSSR count). The van der Waals surface area contributed by atoms with Crippen molar-refractivity contribution >= 4 is 11.7 Å². The van der Waals surface area contributed by atoms with Crippen molar-refractivity contribution in [3.8, 4) is 5.88 Å². The van der Waals surface area contributed by atoms with Crippen LogP contribution in [-0.4, -0.2) is 51.4 Å².